The van der Waals surface area contributed by atoms with Crippen molar-refractivity contribution in [2.24, 2.45) is 0 Å². The maximum Gasteiger partial charge on any atom is 0.135 e. The highest BCUT2D eigenvalue weighted by molar-refractivity contribution is 5.74. The van der Waals surface area contributed by atoms with Crippen LogP contribution in [0.3, 0.4) is 0 Å². The summed E-state index contributed by atoms with van der Waals surface area (Å²) in [4.78, 5) is 6.73. The maximum absolute atomic E-state index is 14.2. The van der Waals surface area contributed by atoms with E-state index in [9.17, 15) is 8.78 Å². The summed E-state index contributed by atoms with van der Waals surface area (Å²) in [6, 6.07) is 6.80. The number of allylic oxidation sites excluding steroid dienone is 3. The minimum atomic E-state index is -0.683. The van der Waals surface area contributed by atoms with Gasteiger partial charge in [0.15, 0.2) is 0 Å². The third-order valence-corrected chi connectivity index (χ3v) is 5.25. The SMILES string of the molecule is C=C/C=C(\C(=C/C)NC(=C)c1nc(-c2c(F)cccc2F)ccc1N)N1CCCCC1. The van der Waals surface area contributed by atoms with Crippen molar-refractivity contribution in [3.05, 3.63) is 90.4 Å². The molecule has 0 bridgehead atoms. The molecule has 6 heteroatoms. The van der Waals surface area contributed by atoms with Crippen LogP contribution in [0.1, 0.15) is 31.9 Å². The number of aromatic nitrogens is 1. The Balaban J connectivity index is 1.91. The van der Waals surface area contributed by atoms with Gasteiger partial charge in [0.25, 0.3) is 0 Å². The van der Waals surface area contributed by atoms with Gasteiger partial charge in [-0.2, -0.15) is 0 Å². The van der Waals surface area contributed by atoms with Crippen molar-refractivity contribution in [1.29, 1.82) is 0 Å². The monoisotopic (exact) mass is 422 g/mol. The lowest BCUT2D eigenvalue weighted by Gasteiger charge is -2.32. The summed E-state index contributed by atoms with van der Waals surface area (Å²) in [5.74, 6) is -1.37. The average molecular weight is 423 g/mol. The molecule has 0 unspecified atom stereocenters. The van der Waals surface area contributed by atoms with Gasteiger partial charge in [-0.05, 0) is 56.5 Å². The number of nitrogen functional groups attached to an aromatic ring is 1. The first-order valence-electron chi connectivity index (χ1n) is 10.4. The van der Waals surface area contributed by atoms with Crippen LogP contribution >= 0.6 is 0 Å². The second kappa shape index (κ2) is 10.1. The predicted octanol–water partition coefficient (Wildman–Crippen LogP) is 5.63. The van der Waals surface area contributed by atoms with Gasteiger partial charge in [-0.1, -0.05) is 31.4 Å². The Morgan fingerprint density at radius 2 is 1.81 bits per heavy atom. The summed E-state index contributed by atoms with van der Waals surface area (Å²) in [6.07, 6.45) is 9.16. The van der Waals surface area contributed by atoms with Gasteiger partial charge in [-0.3, -0.25) is 0 Å². The number of nitrogens with zero attached hydrogens (tertiary/aromatic N) is 2. The molecule has 1 saturated heterocycles. The molecule has 1 aromatic carbocycles. The summed E-state index contributed by atoms with van der Waals surface area (Å²) < 4.78 is 28.5. The maximum atomic E-state index is 14.2. The molecule has 1 aliphatic heterocycles. The number of pyridine rings is 1. The lowest BCUT2D eigenvalue weighted by molar-refractivity contribution is 0.288. The summed E-state index contributed by atoms with van der Waals surface area (Å²) >= 11 is 0. The number of hydrogen-bond donors (Lipinski definition) is 2. The van der Waals surface area contributed by atoms with Gasteiger partial charge in [0, 0.05) is 13.1 Å². The van der Waals surface area contributed by atoms with Crippen molar-refractivity contribution in [3.8, 4) is 11.3 Å². The molecular formula is C25H28F2N4. The first-order chi connectivity index (χ1) is 15.0. The zero-order valence-corrected chi connectivity index (χ0v) is 17.8. The van der Waals surface area contributed by atoms with Crippen LogP contribution in [0.4, 0.5) is 14.5 Å². The first-order valence-corrected chi connectivity index (χ1v) is 10.4. The molecule has 1 aromatic heterocycles. The van der Waals surface area contributed by atoms with Crippen LogP contribution < -0.4 is 11.1 Å². The summed E-state index contributed by atoms with van der Waals surface area (Å²) in [7, 11) is 0. The normalized spacial score (nSPS) is 15.0. The number of nitrogens with two attached hydrogens (primary N) is 1. The Morgan fingerprint density at radius 1 is 1.13 bits per heavy atom. The topological polar surface area (TPSA) is 54.2 Å². The van der Waals surface area contributed by atoms with Gasteiger partial charge in [0.05, 0.1) is 34.0 Å². The van der Waals surface area contributed by atoms with E-state index in [1.54, 1.807) is 12.1 Å². The molecule has 0 radical (unpaired) electrons. The number of nitrogens with one attached hydrogen (secondary N) is 1. The van der Waals surface area contributed by atoms with Crippen molar-refractivity contribution >= 4 is 11.4 Å². The fraction of sp³-hybridized carbons (Fsp3) is 0.240. The highest BCUT2D eigenvalue weighted by atomic mass is 19.1. The third-order valence-electron chi connectivity index (χ3n) is 5.25. The Morgan fingerprint density at radius 3 is 2.42 bits per heavy atom. The molecule has 3 N–H and O–H groups in total. The van der Waals surface area contributed by atoms with E-state index >= 15 is 0 Å². The molecule has 2 heterocycles. The van der Waals surface area contributed by atoms with E-state index in [0.29, 0.717) is 17.1 Å². The Bertz CT molecular complexity index is 1010. The van der Waals surface area contributed by atoms with E-state index in [2.05, 4.69) is 28.4 Å². The van der Waals surface area contributed by atoms with Crippen LogP contribution in [0, 0.1) is 11.6 Å². The molecule has 1 aliphatic rings. The number of piperidine rings is 1. The van der Waals surface area contributed by atoms with E-state index in [0.717, 1.165) is 37.3 Å². The van der Waals surface area contributed by atoms with Gasteiger partial charge >= 0.3 is 0 Å². The van der Waals surface area contributed by atoms with E-state index in [1.807, 2.05) is 19.1 Å². The molecule has 31 heavy (non-hydrogen) atoms. The summed E-state index contributed by atoms with van der Waals surface area (Å²) in [6.45, 7) is 11.8. The largest absolute Gasteiger partial charge is 0.397 e. The first kappa shape index (κ1) is 22.3. The number of rotatable bonds is 7. The predicted molar refractivity (Wildman–Crippen MR) is 124 cm³/mol. The lowest BCUT2D eigenvalue weighted by Crippen LogP contribution is -2.32. The van der Waals surface area contributed by atoms with Crippen LogP contribution in [0.5, 0.6) is 0 Å². The molecule has 0 saturated carbocycles. The van der Waals surface area contributed by atoms with Gasteiger partial charge in [-0.25, -0.2) is 13.8 Å². The second-order valence-electron chi connectivity index (χ2n) is 7.37. The van der Waals surface area contributed by atoms with Crippen LogP contribution in [0.2, 0.25) is 0 Å². The fourth-order valence-corrected chi connectivity index (χ4v) is 3.71. The minimum Gasteiger partial charge on any atom is -0.397 e. The van der Waals surface area contributed by atoms with Crippen LogP contribution in [-0.4, -0.2) is 23.0 Å². The molecule has 4 nitrogen and oxygen atoms in total. The number of hydrogen-bond acceptors (Lipinski definition) is 4. The van der Waals surface area contributed by atoms with Crippen molar-refractivity contribution in [2.75, 3.05) is 18.8 Å². The molecule has 0 spiro atoms. The minimum absolute atomic E-state index is 0.155. The third kappa shape index (κ3) is 5.02. The van der Waals surface area contributed by atoms with Gasteiger partial charge < -0.3 is 16.0 Å². The molecule has 162 valence electrons. The van der Waals surface area contributed by atoms with E-state index in [4.69, 9.17) is 5.73 Å². The number of anilines is 1. The number of halogens is 2. The zero-order chi connectivity index (χ0) is 22.4. The Labute approximate surface area is 182 Å². The van der Waals surface area contributed by atoms with Crippen LogP contribution in [0.15, 0.2) is 73.1 Å². The van der Waals surface area contributed by atoms with Gasteiger partial charge in [-0.15, -0.1) is 0 Å². The van der Waals surface area contributed by atoms with E-state index in [-0.39, 0.29) is 11.3 Å². The second-order valence-corrected chi connectivity index (χ2v) is 7.37. The van der Waals surface area contributed by atoms with E-state index < -0.39 is 11.6 Å². The molecule has 1 fully saturated rings. The van der Waals surface area contributed by atoms with Gasteiger partial charge in [0.2, 0.25) is 0 Å². The van der Waals surface area contributed by atoms with Crippen molar-refractivity contribution < 1.29 is 8.78 Å². The quantitative estimate of drug-likeness (QED) is 0.568. The van der Waals surface area contributed by atoms with Crippen molar-refractivity contribution in [2.45, 2.75) is 26.2 Å². The van der Waals surface area contributed by atoms with Gasteiger partial charge in [0.1, 0.15) is 17.3 Å². The molecule has 0 amide bonds. The molecule has 0 aliphatic carbocycles. The smallest absolute Gasteiger partial charge is 0.135 e. The van der Waals surface area contributed by atoms with E-state index in [1.165, 1.54) is 30.7 Å². The highest BCUT2D eigenvalue weighted by Gasteiger charge is 2.19. The molecule has 0 atom stereocenters. The van der Waals surface area contributed by atoms with Crippen LogP contribution in [0.25, 0.3) is 17.0 Å². The molecular weight excluding hydrogens is 394 g/mol. The lowest BCUT2D eigenvalue weighted by atomic mass is 10.1. The number of likely N-dealkylation sites (tertiary alicyclic amines) is 1. The fourth-order valence-electron chi connectivity index (χ4n) is 3.71. The van der Waals surface area contributed by atoms with Crippen molar-refractivity contribution in [1.82, 2.24) is 15.2 Å². The molecule has 3 rings (SSSR count). The highest BCUT2D eigenvalue weighted by Crippen LogP contribution is 2.28. The number of benzene rings is 1. The standard InChI is InChI=1S/C25H28F2N4/c1-4-10-23(31-15-7-6-8-16-31)21(5-2)29-17(3)25-20(28)13-14-22(30-25)24-18(26)11-9-12-19(24)27/h4-5,9-14,29H,1,3,6-8,15-16,28H2,2H3/b21-5+,23-10+. The Kier molecular flexibility index (Phi) is 7.23. The average Bonchev–Trinajstić information content (AvgIpc) is 2.77. The van der Waals surface area contributed by atoms with Crippen LogP contribution in [-0.2, 0) is 0 Å². The summed E-state index contributed by atoms with van der Waals surface area (Å²) in [5, 5.41) is 3.29. The summed E-state index contributed by atoms with van der Waals surface area (Å²) in [5.41, 5.74) is 9.09. The zero-order valence-electron chi connectivity index (χ0n) is 17.8. The van der Waals surface area contributed by atoms with Crippen molar-refractivity contribution in [3.63, 3.8) is 0 Å². The molecule has 2 aromatic rings. The Hall–Kier alpha value is -3.41.